The molecule has 5 nitrogen and oxygen atoms in total. The summed E-state index contributed by atoms with van der Waals surface area (Å²) >= 11 is 0. The Morgan fingerprint density at radius 1 is 1.73 bits per heavy atom. The van der Waals surface area contributed by atoms with Gasteiger partial charge in [0.25, 0.3) is 0 Å². The average molecular weight is 213 g/mol. The van der Waals surface area contributed by atoms with Crippen LogP contribution in [0.4, 0.5) is 0 Å². The van der Waals surface area contributed by atoms with Gasteiger partial charge in [-0.15, -0.1) is 0 Å². The normalized spacial score (nSPS) is 24.7. The summed E-state index contributed by atoms with van der Waals surface area (Å²) in [6.45, 7) is 6.04. The summed E-state index contributed by atoms with van der Waals surface area (Å²) in [6.07, 6.45) is -0.715. The van der Waals surface area contributed by atoms with Gasteiger partial charge in [0, 0.05) is 26.2 Å². The number of rotatable bonds is 5. The molecule has 0 aromatic carbocycles. The molecule has 1 heterocycles. The molecule has 0 spiro atoms. The van der Waals surface area contributed by atoms with Crippen LogP contribution in [0.1, 0.15) is 6.92 Å². The third kappa shape index (κ3) is 4.58. The fourth-order valence-corrected chi connectivity index (χ4v) is 1.62. The molecule has 0 aliphatic carbocycles. The molecule has 0 amide bonds. The van der Waals surface area contributed by atoms with Crippen molar-refractivity contribution < 1.29 is 9.84 Å². The van der Waals surface area contributed by atoms with Crippen LogP contribution in [0.15, 0.2) is 0 Å². The highest BCUT2D eigenvalue weighted by Crippen LogP contribution is 2.04. The highest BCUT2D eigenvalue weighted by Gasteiger charge is 2.21. The maximum absolute atomic E-state index is 9.66. The number of nitrogens with zero attached hydrogens (tertiary/aromatic N) is 2. The van der Waals surface area contributed by atoms with Crippen LogP contribution >= 0.6 is 0 Å². The van der Waals surface area contributed by atoms with Gasteiger partial charge in [-0.25, -0.2) is 0 Å². The van der Waals surface area contributed by atoms with Gasteiger partial charge >= 0.3 is 0 Å². The fraction of sp³-hybridized carbons (Fsp3) is 0.900. The number of morpholine rings is 1. The number of nitrogens with one attached hydrogen (secondary N) is 1. The first-order chi connectivity index (χ1) is 7.26. The van der Waals surface area contributed by atoms with Gasteiger partial charge in [-0.3, -0.25) is 4.90 Å². The van der Waals surface area contributed by atoms with Crippen LogP contribution in [0.3, 0.4) is 0 Å². The second-order valence-electron chi connectivity index (χ2n) is 3.71. The number of nitriles is 1. The van der Waals surface area contributed by atoms with Crippen LogP contribution in [0, 0.1) is 11.3 Å². The molecule has 2 atom stereocenters. The quantitative estimate of drug-likeness (QED) is 0.624. The lowest BCUT2D eigenvalue weighted by atomic mass is 10.2. The molecule has 1 rings (SSSR count). The molecular weight excluding hydrogens is 194 g/mol. The summed E-state index contributed by atoms with van der Waals surface area (Å²) in [5.74, 6) is 0. The zero-order chi connectivity index (χ0) is 11.1. The first-order valence-corrected chi connectivity index (χ1v) is 5.38. The van der Waals surface area contributed by atoms with Gasteiger partial charge in [-0.05, 0) is 6.54 Å². The first-order valence-electron chi connectivity index (χ1n) is 5.38. The molecule has 5 heteroatoms. The standard InChI is InChI=1S/C10H19N3O2/c1-2-12-6-9(14)7-13-3-4-15-10(5-11)8-13/h9-10,12,14H,2-4,6-8H2,1H3. The van der Waals surface area contributed by atoms with Crippen molar-refractivity contribution in [3.8, 4) is 6.07 Å². The van der Waals surface area contributed by atoms with Crippen molar-refractivity contribution in [2.45, 2.75) is 19.1 Å². The van der Waals surface area contributed by atoms with Crippen LogP contribution in [-0.4, -0.2) is 61.5 Å². The molecule has 1 saturated heterocycles. The zero-order valence-electron chi connectivity index (χ0n) is 9.15. The molecule has 86 valence electrons. The molecule has 0 aromatic rings. The van der Waals surface area contributed by atoms with Crippen LogP contribution in [-0.2, 0) is 4.74 Å². The summed E-state index contributed by atoms with van der Waals surface area (Å²) in [4.78, 5) is 2.07. The SMILES string of the molecule is CCNCC(O)CN1CCOC(C#N)C1. The third-order valence-corrected chi connectivity index (χ3v) is 2.39. The van der Waals surface area contributed by atoms with E-state index < -0.39 is 0 Å². The van der Waals surface area contributed by atoms with Gasteiger partial charge in [0.2, 0.25) is 0 Å². The molecule has 0 saturated carbocycles. The van der Waals surface area contributed by atoms with E-state index in [1.54, 1.807) is 0 Å². The van der Waals surface area contributed by atoms with Crippen LogP contribution in [0.2, 0.25) is 0 Å². The van der Waals surface area contributed by atoms with Gasteiger partial charge in [0.05, 0.1) is 18.8 Å². The van der Waals surface area contributed by atoms with Crippen molar-refractivity contribution in [1.82, 2.24) is 10.2 Å². The van der Waals surface area contributed by atoms with Crippen molar-refractivity contribution in [3.05, 3.63) is 0 Å². The minimum atomic E-state index is -0.373. The zero-order valence-corrected chi connectivity index (χ0v) is 9.15. The maximum atomic E-state index is 9.66. The van der Waals surface area contributed by atoms with E-state index in [1.807, 2.05) is 6.92 Å². The summed E-state index contributed by atoms with van der Waals surface area (Å²) in [6, 6.07) is 2.09. The van der Waals surface area contributed by atoms with E-state index in [-0.39, 0.29) is 12.2 Å². The second kappa shape index (κ2) is 6.75. The van der Waals surface area contributed by atoms with E-state index in [4.69, 9.17) is 10.00 Å². The molecule has 0 bridgehead atoms. The molecule has 1 aliphatic heterocycles. The second-order valence-corrected chi connectivity index (χ2v) is 3.71. The Morgan fingerprint density at radius 2 is 2.53 bits per heavy atom. The van der Waals surface area contributed by atoms with E-state index >= 15 is 0 Å². The lowest BCUT2D eigenvalue weighted by molar-refractivity contribution is -0.0152. The average Bonchev–Trinajstić information content (AvgIpc) is 2.26. The summed E-state index contributed by atoms with van der Waals surface area (Å²) in [7, 11) is 0. The summed E-state index contributed by atoms with van der Waals surface area (Å²) in [5.41, 5.74) is 0. The highest BCUT2D eigenvalue weighted by atomic mass is 16.5. The lowest BCUT2D eigenvalue weighted by Gasteiger charge is -2.31. The Balaban J connectivity index is 2.22. The smallest absolute Gasteiger partial charge is 0.156 e. The van der Waals surface area contributed by atoms with E-state index in [0.29, 0.717) is 26.2 Å². The fourth-order valence-electron chi connectivity index (χ4n) is 1.62. The largest absolute Gasteiger partial charge is 0.390 e. The van der Waals surface area contributed by atoms with Crippen molar-refractivity contribution >= 4 is 0 Å². The Labute approximate surface area is 90.6 Å². The molecule has 0 radical (unpaired) electrons. The van der Waals surface area contributed by atoms with Gasteiger partial charge in [-0.2, -0.15) is 5.26 Å². The Kier molecular flexibility index (Phi) is 5.58. The van der Waals surface area contributed by atoms with E-state index in [0.717, 1.165) is 13.1 Å². The molecule has 0 aromatic heterocycles. The number of β-amino-alcohol motifs (C(OH)–C–C–N with tert-alkyl or cyclic N) is 1. The predicted molar refractivity (Wildman–Crippen MR) is 56.3 cm³/mol. The van der Waals surface area contributed by atoms with E-state index in [9.17, 15) is 5.11 Å². The van der Waals surface area contributed by atoms with Crippen molar-refractivity contribution in [3.63, 3.8) is 0 Å². The minimum Gasteiger partial charge on any atom is -0.390 e. The van der Waals surface area contributed by atoms with Gasteiger partial charge < -0.3 is 15.2 Å². The lowest BCUT2D eigenvalue weighted by Crippen LogP contribution is -2.46. The number of hydrogen-bond donors (Lipinski definition) is 2. The van der Waals surface area contributed by atoms with Crippen molar-refractivity contribution in [2.75, 3.05) is 39.3 Å². The minimum absolute atomic E-state index is 0.343. The van der Waals surface area contributed by atoms with Crippen LogP contribution in [0.25, 0.3) is 0 Å². The first kappa shape index (κ1) is 12.4. The number of hydrogen-bond acceptors (Lipinski definition) is 5. The molecule has 2 N–H and O–H groups in total. The van der Waals surface area contributed by atoms with Gasteiger partial charge in [0.1, 0.15) is 0 Å². The van der Waals surface area contributed by atoms with Gasteiger partial charge in [0.15, 0.2) is 6.10 Å². The van der Waals surface area contributed by atoms with Crippen molar-refractivity contribution in [1.29, 1.82) is 5.26 Å². The number of aliphatic hydroxyl groups is 1. The summed E-state index contributed by atoms with van der Waals surface area (Å²) < 4.78 is 5.22. The molecule has 1 aliphatic rings. The molecule has 1 fully saturated rings. The monoisotopic (exact) mass is 213 g/mol. The topological polar surface area (TPSA) is 68.5 Å². The van der Waals surface area contributed by atoms with Crippen LogP contribution in [0.5, 0.6) is 0 Å². The predicted octanol–water partition coefficient (Wildman–Crippen LogP) is -0.819. The number of aliphatic hydroxyl groups excluding tert-OH is 1. The molecular formula is C10H19N3O2. The van der Waals surface area contributed by atoms with Crippen molar-refractivity contribution in [2.24, 2.45) is 0 Å². The third-order valence-electron chi connectivity index (χ3n) is 2.39. The number of ether oxygens (including phenoxy) is 1. The van der Waals surface area contributed by atoms with Gasteiger partial charge in [-0.1, -0.05) is 6.92 Å². The maximum Gasteiger partial charge on any atom is 0.156 e. The Bertz CT molecular complexity index is 217. The Morgan fingerprint density at radius 3 is 3.20 bits per heavy atom. The highest BCUT2D eigenvalue weighted by molar-refractivity contribution is 4.89. The molecule has 15 heavy (non-hydrogen) atoms. The molecule has 2 unspecified atom stereocenters. The Hall–Kier alpha value is -0.670. The summed E-state index contributed by atoms with van der Waals surface area (Å²) in [5, 5.41) is 21.5. The van der Waals surface area contributed by atoms with Crippen LogP contribution < -0.4 is 5.32 Å². The van der Waals surface area contributed by atoms with E-state index in [1.165, 1.54) is 0 Å². The van der Waals surface area contributed by atoms with E-state index in [2.05, 4.69) is 16.3 Å². The number of likely N-dealkylation sites (N-methyl/N-ethyl adjacent to an activating group) is 1.